The summed E-state index contributed by atoms with van der Waals surface area (Å²) in [6, 6.07) is 7.99. The van der Waals surface area contributed by atoms with Gasteiger partial charge in [0, 0.05) is 16.8 Å². The Hall–Kier alpha value is -2.67. The van der Waals surface area contributed by atoms with Crippen LogP contribution in [0.15, 0.2) is 30.3 Å². The monoisotopic (exact) mass is 372 g/mol. The topological polar surface area (TPSA) is 106 Å². The van der Waals surface area contributed by atoms with Gasteiger partial charge < -0.3 is 5.73 Å². The molecule has 0 aliphatic heterocycles. The third kappa shape index (κ3) is 2.99. The van der Waals surface area contributed by atoms with Gasteiger partial charge in [0.15, 0.2) is 11.6 Å². The Kier molecular flexibility index (Phi) is 4.58. The predicted octanol–water partition coefficient (Wildman–Crippen LogP) is 2.89. The summed E-state index contributed by atoms with van der Waals surface area (Å²) in [4.78, 5) is 25.9. The van der Waals surface area contributed by atoms with Gasteiger partial charge in [-0.05, 0) is 25.0 Å². The molecule has 2 aromatic rings. The van der Waals surface area contributed by atoms with Crippen molar-refractivity contribution < 1.29 is 18.0 Å². The summed E-state index contributed by atoms with van der Waals surface area (Å²) in [5.41, 5.74) is 7.55. The van der Waals surface area contributed by atoms with Gasteiger partial charge >= 0.3 is 0 Å². The Morgan fingerprint density at radius 1 is 1.04 bits per heavy atom. The molecule has 6 nitrogen and oxygen atoms in total. The number of ketones is 2. The third-order valence-electron chi connectivity index (χ3n) is 4.48. The first-order chi connectivity index (χ1) is 12.3. The Morgan fingerprint density at radius 2 is 1.62 bits per heavy atom. The van der Waals surface area contributed by atoms with Gasteiger partial charge in [-0.3, -0.25) is 14.3 Å². The molecule has 0 spiro atoms. The minimum absolute atomic E-state index is 0.0249. The normalized spacial score (nSPS) is 13.3. The lowest BCUT2D eigenvalue weighted by molar-refractivity contribution is 0.0980. The van der Waals surface area contributed by atoms with Crippen molar-refractivity contribution >= 4 is 33.0 Å². The zero-order chi connectivity index (χ0) is 19.1. The highest BCUT2D eigenvalue weighted by Gasteiger charge is 2.34. The Balaban J connectivity index is 2.20. The molecule has 0 heterocycles. The van der Waals surface area contributed by atoms with Crippen LogP contribution in [0.4, 0.5) is 11.4 Å². The second-order valence-electron chi connectivity index (χ2n) is 6.38. The molecule has 0 unspecified atom stereocenters. The number of nitrogens with one attached hydrogen (secondary N) is 1. The van der Waals surface area contributed by atoms with Crippen LogP contribution >= 0.6 is 0 Å². The molecule has 0 atom stereocenters. The maximum atomic E-state index is 13.0. The highest BCUT2D eigenvalue weighted by Crippen LogP contribution is 2.37. The molecule has 1 aliphatic carbocycles. The van der Waals surface area contributed by atoms with E-state index in [1.54, 1.807) is 31.2 Å². The summed E-state index contributed by atoms with van der Waals surface area (Å²) in [6.07, 6.45) is 1.23. The van der Waals surface area contributed by atoms with E-state index in [4.69, 9.17) is 5.73 Å². The van der Waals surface area contributed by atoms with E-state index < -0.39 is 15.8 Å². The maximum absolute atomic E-state index is 13.0. The van der Waals surface area contributed by atoms with Crippen molar-refractivity contribution in [1.29, 1.82) is 0 Å². The molecule has 1 aliphatic rings. The van der Waals surface area contributed by atoms with Crippen LogP contribution in [0, 0.1) is 6.92 Å². The van der Waals surface area contributed by atoms with Crippen molar-refractivity contribution in [2.75, 3.05) is 16.2 Å². The van der Waals surface area contributed by atoms with Crippen molar-refractivity contribution in [1.82, 2.24) is 0 Å². The van der Waals surface area contributed by atoms with Gasteiger partial charge in [0.05, 0.1) is 22.6 Å². The maximum Gasteiger partial charge on any atom is 0.232 e. The fourth-order valence-corrected chi connectivity index (χ4v) is 4.35. The van der Waals surface area contributed by atoms with Gasteiger partial charge in [-0.2, -0.15) is 0 Å². The van der Waals surface area contributed by atoms with Gasteiger partial charge in [0.25, 0.3) is 0 Å². The average Bonchev–Trinajstić information content (AvgIpc) is 2.60. The van der Waals surface area contributed by atoms with Crippen LogP contribution in [0.5, 0.6) is 0 Å². The Labute approximate surface area is 152 Å². The lowest BCUT2D eigenvalue weighted by Crippen LogP contribution is -2.26. The van der Waals surface area contributed by atoms with E-state index in [1.165, 1.54) is 6.07 Å². The van der Waals surface area contributed by atoms with Crippen LogP contribution in [0.3, 0.4) is 0 Å². The molecule has 0 aromatic heterocycles. The highest BCUT2D eigenvalue weighted by molar-refractivity contribution is 7.92. The van der Waals surface area contributed by atoms with E-state index >= 15 is 0 Å². The molecule has 136 valence electrons. The van der Waals surface area contributed by atoms with Crippen LogP contribution in [0.25, 0.3) is 0 Å². The van der Waals surface area contributed by atoms with Gasteiger partial charge in [0.2, 0.25) is 10.0 Å². The molecule has 26 heavy (non-hydrogen) atoms. The molecule has 0 saturated heterocycles. The molecule has 0 saturated carbocycles. The molecular weight excluding hydrogens is 352 g/mol. The summed E-state index contributed by atoms with van der Waals surface area (Å²) in [5, 5.41) is 0. The minimum Gasteiger partial charge on any atom is -0.398 e. The second kappa shape index (κ2) is 6.57. The van der Waals surface area contributed by atoms with E-state index in [2.05, 4.69) is 4.72 Å². The molecule has 3 rings (SSSR count). The molecule has 2 aromatic carbocycles. The molecule has 0 fully saturated rings. The molecule has 0 bridgehead atoms. The van der Waals surface area contributed by atoms with Crippen LogP contribution in [-0.2, 0) is 10.0 Å². The van der Waals surface area contributed by atoms with Gasteiger partial charge in [0.1, 0.15) is 0 Å². The average molecular weight is 372 g/mol. The number of hydrogen-bond donors (Lipinski definition) is 2. The smallest absolute Gasteiger partial charge is 0.232 e. The van der Waals surface area contributed by atoms with Crippen molar-refractivity contribution in [3.8, 4) is 0 Å². The molecule has 0 amide bonds. The summed E-state index contributed by atoms with van der Waals surface area (Å²) < 4.78 is 27.1. The van der Waals surface area contributed by atoms with E-state index in [0.717, 1.165) is 6.42 Å². The summed E-state index contributed by atoms with van der Waals surface area (Å²) >= 11 is 0. The van der Waals surface area contributed by atoms with E-state index in [1.807, 2.05) is 6.92 Å². The number of anilines is 2. The Bertz CT molecular complexity index is 1030. The number of aryl methyl sites for hydroxylation is 1. The van der Waals surface area contributed by atoms with E-state index in [9.17, 15) is 18.0 Å². The number of hydrogen-bond acceptors (Lipinski definition) is 5. The number of sulfonamides is 1. The molecule has 7 heteroatoms. The Morgan fingerprint density at radius 3 is 2.19 bits per heavy atom. The van der Waals surface area contributed by atoms with Gasteiger partial charge in [-0.1, -0.05) is 37.6 Å². The minimum atomic E-state index is -3.63. The number of fused-ring (bicyclic) bond motifs is 2. The zero-order valence-electron chi connectivity index (χ0n) is 14.6. The fraction of sp³-hybridized carbons (Fsp3) is 0.263. The zero-order valence-corrected chi connectivity index (χ0v) is 15.4. The highest BCUT2D eigenvalue weighted by atomic mass is 32.2. The van der Waals surface area contributed by atoms with Gasteiger partial charge in [-0.15, -0.1) is 0 Å². The second-order valence-corrected chi connectivity index (χ2v) is 8.22. The van der Waals surface area contributed by atoms with Crippen molar-refractivity contribution in [3.63, 3.8) is 0 Å². The van der Waals surface area contributed by atoms with Crippen LogP contribution in [0.2, 0.25) is 0 Å². The summed E-state index contributed by atoms with van der Waals surface area (Å²) in [5.74, 6) is -0.832. The van der Waals surface area contributed by atoms with Crippen molar-refractivity contribution in [2.24, 2.45) is 0 Å². The van der Waals surface area contributed by atoms with E-state index in [0.29, 0.717) is 12.0 Å². The van der Waals surface area contributed by atoms with Crippen LogP contribution < -0.4 is 10.5 Å². The lowest BCUT2D eigenvalue weighted by Gasteiger charge is -2.23. The third-order valence-corrected chi connectivity index (χ3v) is 5.83. The van der Waals surface area contributed by atoms with E-state index in [-0.39, 0.29) is 45.2 Å². The number of benzene rings is 2. The molecule has 0 radical (unpaired) electrons. The van der Waals surface area contributed by atoms with Crippen LogP contribution in [0.1, 0.15) is 57.2 Å². The van der Waals surface area contributed by atoms with Crippen LogP contribution in [-0.4, -0.2) is 25.7 Å². The molecule has 3 N–H and O–H groups in total. The number of nitrogen functional groups attached to an aromatic ring is 1. The quantitative estimate of drug-likeness (QED) is 0.670. The number of carbonyl (C=O) groups is 2. The first kappa shape index (κ1) is 18.1. The number of carbonyl (C=O) groups excluding carboxylic acids is 2. The molecular formula is C19H20N2O4S. The SMILES string of the molecule is CCCCS(=O)(=O)Nc1cc(C)c(N)c2c1C(=O)c1ccccc1C2=O. The standard InChI is InChI=1S/C19H20N2O4S/c1-3-4-9-26(24,25)21-14-10-11(2)17(20)16-15(14)18(22)12-7-5-6-8-13(12)19(16)23/h5-8,10,21H,3-4,9,20H2,1-2H3. The van der Waals surface area contributed by atoms with Crippen molar-refractivity contribution in [2.45, 2.75) is 26.7 Å². The summed E-state index contributed by atoms with van der Waals surface area (Å²) in [6.45, 7) is 3.57. The number of rotatable bonds is 5. The summed E-state index contributed by atoms with van der Waals surface area (Å²) in [7, 11) is -3.63. The number of unbranched alkanes of at least 4 members (excludes halogenated alkanes) is 1. The fourth-order valence-electron chi connectivity index (χ4n) is 3.09. The lowest BCUT2D eigenvalue weighted by atomic mass is 9.81. The van der Waals surface area contributed by atoms with Gasteiger partial charge in [-0.25, -0.2) is 8.42 Å². The van der Waals surface area contributed by atoms with Crippen molar-refractivity contribution in [3.05, 3.63) is 58.1 Å². The first-order valence-electron chi connectivity index (χ1n) is 8.38. The number of nitrogens with two attached hydrogens (primary N) is 1. The predicted molar refractivity (Wildman–Crippen MR) is 101 cm³/mol. The first-order valence-corrected chi connectivity index (χ1v) is 10.0. The largest absolute Gasteiger partial charge is 0.398 e.